The molecule has 2 aromatic rings. The molecule has 2 aromatic heterocycles. The standard InChI is InChI=1S/C13H17BrN4O/c1-15-8-11-13(14)18-12(16-11)3-2-10(17-18)9-4-6-19-7-5-9/h2-3,9,15H,4-8H2,1H3. The van der Waals surface area contributed by atoms with E-state index in [1.165, 1.54) is 0 Å². The average molecular weight is 325 g/mol. The molecule has 1 aliphatic heterocycles. The molecule has 3 heterocycles. The maximum absolute atomic E-state index is 5.40. The summed E-state index contributed by atoms with van der Waals surface area (Å²) in [7, 11) is 1.91. The molecule has 0 atom stereocenters. The molecule has 1 N–H and O–H groups in total. The van der Waals surface area contributed by atoms with E-state index >= 15 is 0 Å². The maximum atomic E-state index is 5.40. The lowest BCUT2D eigenvalue weighted by molar-refractivity contribution is 0.0842. The Hall–Kier alpha value is -0.980. The van der Waals surface area contributed by atoms with Crippen molar-refractivity contribution in [1.29, 1.82) is 0 Å². The fraction of sp³-hybridized carbons (Fsp3) is 0.538. The summed E-state index contributed by atoms with van der Waals surface area (Å²) in [6.45, 7) is 2.40. The fourth-order valence-electron chi connectivity index (χ4n) is 2.46. The topological polar surface area (TPSA) is 51.5 Å². The van der Waals surface area contributed by atoms with Gasteiger partial charge in [-0.2, -0.15) is 5.10 Å². The predicted octanol–water partition coefficient (Wildman–Crippen LogP) is 2.11. The summed E-state index contributed by atoms with van der Waals surface area (Å²) in [4.78, 5) is 4.55. The van der Waals surface area contributed by atoms with E-state index in [-0.39, 0.29) is 0 Å². The van der Waals surface area contributed by atoms with E-state index in [4.69, 9.17) is 9.84 Å². The van der Waals surface area contributed by atoms with Crippen LogP contribution in [0.2, 0.25) is 0 Å². The second kappa shape index (κ2) is 5.56. The molecule has 3 rings (SSSR count). The minimum Gasteiger partial charge on any atom is -0.381 e. The highest BCUT2D eigenvalue weighted by molar-refractivity contribution is 9.10. The Morgan fingerprint density at radius 1 is 1.42 bits per heavy atom. The molecular weight excluding hydrogens is 308 g/mol. The molecule has 0 amide bonds. The Bertz CT molecular complexity index is 577. The number of nitrogens with zero attached hydrogens (tertiary/aromatic N) is 3. The molecule has 0 bridgehead atoms. The van der Waals surface area contributed by atoms with Gasteiger partial charge in [-0.1, -0.05) is 0 Å². The van der Waals surface area contributed by atoms with Gasteiger partial charge in [-0.3, -0.25) is 0 Å². The lowest BCUT2D eigenvalue weighted by Gasteiger charge is -2.21. The van der Waals surface area contributed by atoms with Crippen LogP contribution in [-0.4, -0.2) is 34.9 Å². The van der Waals surface area contributed by atoms with Gasteiger partial charge in [0.25, 0.3) is 0 Å². The number of imidazole rings is 1. The van der Waals surface area contributed by atoms with Crippen molar-refractivity contribution in [3.05, 3.63) is 28.1 Å². The number of fused-ring (bicyclic) bond motifs is 1. The van der Waals surface area contributed by atoms with E-state index in [0.29, 0.717) is 5.92 Å². The van der Waals surface area contributed by atoms with Crippen LogP contribution < -0.4 is 5.32 Å². The van der Waals surface area contributed by atoms with Crippen molar-refractivity contribution in [3.63, 3.8) is 0 Å². The van der Waals surface area contributed by atoms with E-state index < -0.39 is 0 Å². The van der Waals surface area contributed by atoms with Gasteiger partial charge in [-0.05, 0) is 48.0 Å². The molecule has 1 saturated heterocycles. The lowest BCUT2D eigenvalue weighted by Crippen LogP contribution is -2.16. The molecule has 0 aliphatic carbocycles. The van der Waals surface area contributed by atoms with E-state index in [2.05, 4.69) is 32.3 Å². The largest absolute Gasteiger partial charge is 0.381 e. The van der Waals surface area contributed by atoms with Crippen molar-refractivity contribution in [2.24, 2.45) is 0 Å². The molecule has 5 nitrogen and oxygen atoms in total. The van der Waals surface area contributed by atoms with Gasteiger partial charge in [0.05, 0.1) is 11.4 Å². The van der Waals surface area contributed by atoms with Crippen LogP contribution in [-0.2, 0) is 11.3 Å². The smallest absolute Gasteiger partial charge is 0.155 e. The average Bonchev–Trinajstić information content (AvgIpc) is 2.77. The molecule has 1 aliphatic rings. The van der Waals surface area contributed by atoms with Crippen molar-refractivity contribution in [2.45, 2.75) is 25.3 Å². The molecule has 6 heteroatoms. The third kappa shape index (κ3) is 2.52. The molecular formula is C13H17BrN4O. The van der Waals surface area contributed by atoms with Gasteiger partial charge in [0.15, 0.2) is 5.65 Å². The van der Waals surface area contributed by atoms with Gasteiger partial charge in [0.2, 0.25) is 0 Å². The maximum Gasteiger partial charge on any atom is 0.155 e. The predicted molar refractivity (Wildman–Crippen MR) is 76.2 cm³/mol. The quantitative estimate of drug-likeness (QED) is 0.939. The lowest BCUT2D eigenvalue weighted by atomic mass is 9.96. The van der Waals surface area contributed by atoms with Gasteiger partial charge in [0.1, 0.15) is 4.60 Å². The van der Waals surface area contributed by atoms with E-state index in [1.807, 2.05) is 17.6 Å². The Morgan fingerprint density at radius 3 is 2.95 bits per heavy atom. The summed E-state index contributed by atoms with van der Waals surface area (Å²) in [5, 5.41) is 7.84. The SMILES string of the molecule is CNCc1nc2ccc(C3CCOCC3)nn2c1Br. The highest BCUT2D eigenvalue weighted by Crippen LogP contribution is 2.26. The first-order valence-corrected chi connectivity index (χ1v) is 7.35. The summed E-state index contributed by atoms with van der Waals surface area (Å²) in [5.41, 5.74) is 3.00. The first-order chi connectivity index (χ1) is 9.29. The number of aromatic nitrogens is 3. The Morgan fingerprint density at radius 2 is 2.21 bits per heavy atom. The summed E-state index contributed by atoms with van der Waals surface area (Å²) in [5.74, 6) is 0.500. The van der Waals surface area contributed by atoms with Crippen LogP contribution in [0.3, 0.4) is 0 Å². The number of rotatable bonds is 3. The van der Waals surface area contributed by atoms with Crippen LogP contribution in [0.5, 0.6) is 0 Å². The second-order valence-electron chi connectivity index (χ2n) is 4.79. The van der Waals surface area contributed by atoms with E-state index in [0.717, 1.165) is 54.2 Å². The molecule has 0 aromatic carbocycles. The van der Waals surface area contributed by atoms with Crippen LogP contribution in [0.25, 0.3) is 5.65 Å². The van der Waals surface area contributed by atoms with Crippen molar-refractivity contribution < 1.29 is 4.74 Å². The fourth-order valence-corrected chi connectivity index (χ4v) is 2.95. The van der Waals surface area contributed by atoms with E-state index in [9.17, 15) is 0 Å². The van der Waals surface area contributed by atoms with Crippen molar-refractivity contribution in [3.8, 4) is 0 Å². The Kier molecular flexibility index (Phi) is 3.81. The summed E-state index contributed by atoms with van der Waals surface area (Å²) >= 11 is 3.58. The number of halogens is 1. The van der Waals surface area contributed by atoms with E-state index in [1.54, 1.807) is 0 Å². The summed E-state index contributed by atoms with van der Waals surface area (Å²) in [6, 6.07) is 4.13. The van der Waals surface area contributed by atoms with Gasteiger partial charge in [0, 0.05) is 25.7 Å². The molecule has 1 fully saturated rings. The van der Waals surface area contributed by atoms with Crippen LogP contribution in [0.4, 0.5) is 0 Å². The van der Waals surface area contributed by atoms with Gasteiger partial charge < -0.3 is 10.1 Å². The third-order valence-corrected chi connectivity index (χ3v) is 4.29. The van der Waals surface area contributed by atoms with Gasteiger partial charge in [-0.15, -0.1) is 0 Å². The molecule has 0 radical (unpaired) electrons. The Labute approximate surface area is 120 Å². The molecule has 19 heavy (non-hydrogen) atoms. The summed E-state index contributed by atoms with van der Waals surface area (Å²) < 4.78 is 8.23. The second-order valence-corrected chi connectivity index (χ2v) is 5.55. The number of hydrogen-bond donors (Lipinski definition) is 1. The minimum atomic E-state index is 0.500. The minimum absolute atomic E-state index is 0.500. The van der Waals surface area contributed by atoms with Crippen LogP contribution in [0.1, 0.15) is 30.1 Å². The first-order valence-electron chi connectivity index (χ1n) is 6.56. The van der Waals surface area contributed by atoms with Crippen LogP contribution in [0, 0.1) is 0 Å². The highest BCUT2D eigenvalue weighted by atomic mass is 79.9. The zero-order valence-corrected chi connectivity index (χ0v) is 12.5. The summed E-state index contributed by atoms with van der Waals surface area (Å²) in [6.07, 6.45) is 2.10. The highest BCUT2D eigenvalue weighted by Gasteiger charge is 2.19. The molecule has 102 valence electrons. The zero-order chi connectivity index (χ0) is 13.2. The van der Waals surface area contributed by atoms with Gasteiger partial charge in [-0.25, -0.2) is 9.50 Å². The zero-order valence-electron chi connectivity index (χ0n) is 10.9. The third-order valence-electron chi connectivity index (χ3n) is 3.49. The van der Waals surface area contributed by atoms with Crippen molar-refractivity contribution >= 4 is 21.6 Å². The number of hydrogen-bond acceptors (Lipinski definition) is 4. The monoisotopic (exact) mass is 324 g/mol. The van der Waals surface area contributed by atoms with Crippen molar-refractivity contribution in [1.82, 2.24) is 19.9 Å². The van der Waals surface area contributed by atoms with Crippen LogP contribution in [0.15, 0.2) is 16.7 Å². The first kappa shape index (κ1) is 13.0. The van der Waals surface area contributed by atoms with Gasteiger partial charge >= 0.3 is 0 Å². The van der Waals surface area contributed by atoms with Crippen LogP contribution >= 0.6 is 15.9 Å². The van der Waals surface area contributed by atoms with Crippen molar-refractivity contribution in [2.75, 3.05) is 20.3 Å². The molecule has 0 saturated carbocycles. The number of ether oxygens (including phenoxy) is 1. The Balaban J connectivity index is 1.97. The number of nitrogens with one attached hydrogen (secondary N) is 1. The normalized spacial score (nSPS) is 17.2. The molecule has 0 unspecified atom stereocenters. The molecule has 0 spiro atoms.